The number of hydrogen-bond donors (Lipinski definition) is 0. The molecule has 0 saturated heterocycles. The molecule has 1 saturated carbocycles. The average Bonchev–Trinajstić information content (AvgIpc) is 2.15. The lowest BCUT2D eigenvalue weighted by Gasteiger charge is -2.43. The Bertz CT molecular complexity index is 306. The molecule has 1 aliphatic carbocycles. The van der Waals surface area contributed by atoms with Crippen molar-refractivity contribution in [3.05, 3.63) is 0 Å². The van der Waals surface area contributed by atoms with Gasteiger partial charge in [0, 0.05) is 6.92 Å². The van der Waals surface area contributed by atoms with Crippen molar-refractivity contribution in [2.45, 2.75) is 80.3 Å². The second-order valence-corrected chi connectivity index (χ2v) is 8.55. The Balaban J connectivity index is 2.77. The zero-order chi connectivity index (χ0) is 14.8. The first kappa shape index (κ1) is 16.5. The Hall–Kier alpha value is -0.530. The van der Waals surface area contributed by atoms with Crippen LogP contribution in [0.5, 0.6) is 0 Å². The largest absolute Gasteiger partial charge is 0.462 e. The fraction of sp³-hybridized carbons (Fsp3) is 0.941. The molecule has 0 heterocycles. The number of carbonyl (C=O) groups excluding carboxylic acids is 1. The van der Waals surface area contributed by atoms with Gasteiger partial charge in [-0.2, -0.15) is 0 Å². The van der Waals surface area contributed by atoms with Crippen LogP contribution < -0.4 is 0 Å². The van der Waals surface area contributed by atoms with E-state index < -0.39 is 0 Å². The molecule has 0 bridgehead atoms. The molecular weight excluding hydrogens is 236 g/mol. The summed E-state index contributed by atoms with van der Waals surface area (Å²) in [6.07, 6.45) is 4.68. The maximum Gasteiger partial charge on any atom is 0.302 e. The van der Waals surface area contributed by atoms with Gasteiger partial charge in [-0.15, -0.1) is 0 Å². The molecule has 0 aromatic rings. The summed E-state index contributed by atoms with van der Waals surface area (Å²) >= 11 is 0. The van der Waals surface area contributed by atoms with Crippen LogP contribution in [0.15, 0.2) is 0 Å². The predicted octanol–water partition coefficient (Wildman–Crippen LogP) is 4.82. The molecule has 0 radical (unpaired) electrons. The quantitative estimate of drug-likeness (QED) is 0.671. The first-order valence-corrected chi connectivity index (χ1v) is 7.66. The lowest BCUT2D eigenvalue weighted by molar-refractivity contribution is -0.153. The van der Waals surface area contributed by atoms with Crippen LogP contribution in [0.1, 0.15) is 74.1 Å². The van der Waals surface area contributed by atoms with Gasteiger partial charge in [0.2, 0.25) is 0 Å². The third-order valence-corrected chi connectivity index (χ3v) is 4.33. The van der Waals surface area contributed by atoms with Crippen molar-refractivity contribution < 1.29 is 9.53 Å². The molecular formula is C17H32O2. The standard InChI is InChI=1S/C17H32O2/c1-12(18)19-15-9-8-14(17(5,6)7)10-13(15)11-16(2,3)4/h13-15H,8-11H2,1-7H3. The van der Waals surface area contributed by atoms with E-state index >= 15 is 0 Å². The Morgan fingerprint density at radius 3 is 2.11 bits per heavy atom. The Kier molecular flexibility index (Phi) is 5.08. The van der Waals surface area contributed by atoms with Gasteiger partial charge >= 0.3 is 5.97 Å². The summed E-state index contributed by atoms with van der Waals surface area (Å²) in [6, 6.07) is 0. The number of rotatable bonds is 2. The third kappa shape index (κ3) is 5.54. The van der Waals surface area contributed by atoms with E-state index in [1.807, 2.05) is 0 Å². The highest BCUT2D eigenvalue weighted by Gasteiger charge is 2.38. The maximum atomic E-state index is 11.3. The highest BCUT2D eigenvalue weighted by molar-refractivity contribution is 5.66. The van der Waals surface area contributed by atoms with Gasteiger partial charge in [-0.3, -0.25) is 4.79 Å². The van der Waals surface area contributed by atoms with E-state index in [0.29, 0.717) is 16.7 Å². The van der Waals surface area contributed by atoms with E-state index in [9.17, 15) is 4.79 Å². The molecule has 2 heteroatoms. The van der Waals surface area contributed by atoms with E-state index in [0.717, 1.165) is 18.8 Å². The summed E-state index contributed by atoms with van der Waals surface area (Å²) in [5.41, 5.74) is 0.653. The summed E-state index contributed by atoms with van der Waals surface area (Å²) in [7, 11) is 0. The van der Waals surface area contributed by atoms with E-state index in [2.05, 4.69) is 41.5 Å². The molecule has 112 valence electrons. The zero-order valence-electron chi connectivity index (χ0n) is 13.9. The molecule has 19 heavy (non-hydrogen) atoms. The lowest BCUT2D eigenvalue weighted by Crippen LogP contribution is -2.38. The minimum atomic E-state index is -0.127. The van der Waals surface area contributed by atoms with Gasteiger partial charge < -0.3 is 4.74 Å². The van der Waals surface area contributed by atoms with Crippen LogP contribution in [0.4, 0.5) is 0 Å². The molecule has 1 rings (SSSR count). The van der Waals surface area contributed by atoms with Crippen LogP contribution >= 0.6 is 0 Å². The summed E-state index contributed by atoms with van der Waals surface area (Å²) < 4.78 is 5.57. The van der Waals surface area contributed by atoms with Gasteiger partial charge in [-0.25, -0.2) is 0 Å². The normalized spacial score (nSPS) is 29.1. The highest BCUT2D eigenvalue weighted by atomic mass is 16.5. The van der Waals surface area contributed by atoms with Gasteiger partial charge in [0.15, 0.2) is 0 Å². The first-order valence-electron chi connectivity index (χ1n) is 7.66. The Morgan fingerprint density at radius 1 is 1.11 bits per heavy atom. The van der Waals surface area contributed by atoms with Gasteiger partial charge in [-0.05, 0) is 48.3 Å². The van der Waals surface area contributed by atoms with Crippen LogP contribution in [0, 0.1) is 22.7 Å². The lowest BCUT2D eigenvalue weighted by atomic mass is 9.65. The first-order chi connectivity index (χ1) is 8.49. The second-order valence-electron chi connectivity index (χ2n) is 8.55. The van der Waals surface area contributed by atoms with Crippen molar-refractivity contribution >= 4 is 5.97 Å². The number of ether oxygens (including phenoxy) is 1. The molecule has 1 fully saturated rings. The molecule has 3 unspecified atom stereocenters. The van der Waals surface area contributed by atoms with Crippen molar-refractivity contribution in [2.75, 3.05) is 0 Å². The summed E-state index contributed by atoms with van der Waals surface area (Å²) in [6.45, 7) is 15.4. The van der Waals surface area contributed by atoms with E-state index in [-0.39, 0.29) is 12.1 Å². The Labute approximate surface area is 119 Å². The van der Waals surface area contributed by atoms with Crippen molar-refractivity contribution in [1.29, 1.82) is 0 Å². The average molecular weight is 268 g/mol. The molecule has 2 nitrogen and oxygen atoms in total. The number of esters is 1. The van der Waals surface area contributed by atoms with Gasteiger partial charge in [-0.1, -0.05) is 41.5 Å². The fourth-order valence-electron chi connectivity index (χ4n) is 3.39. The molecule has 0 spiro atoms. The second kappa shape index (κ2) is 5.85. The zero-order valence-corrected chi connectivity index (χ0v) is 13.9. The summed E-state index contributed by atoms with van der Waals surface area (Å²) in [5, 5.41) is 0. The van der Waals surface area contributed by atoms with Crippen LogP contribution in [0.2, 0.25) is 0 Å². The molecule has 3 atom stereocenters. The van der Waals surface area contributed by atoms with Crippen LogP contribution in [0.25, 0.3) is 0 Å². The van der Waals surface area contributed by atoms with Crippen molar-refractivity contribution in [2.24, 2.45) is 22.7 Å². The molecule has 0 aromatic heterocycles. The van der Waals surface area contributed by atoms with Crippen molar-refractivity contribution in [3.8, 4) is 0 Å². The molecule has 0 aliphatic heterocycles. The summed E-state index contributed by atoms with van der Waals surface area (Å²) in [5.74, 6) is 1.13. The molecule has 0 aromatic carbocycles. The number of carbonyl (C=O) groups is 1. The van der Waals surface area contributed by atoms with E-state index in [1.54, 1.807) is 0 Å². The molecule has 1 aliphatic rings. The monoisotopic (exact) mass is 268 g/mol. The minimum Gasteiger partial charge on any atom is -0.462 e. The van der Waals surface area contributed by atoms with Gasteiger partial charge in [0.05, 0.1) is 0 Å². The van der Waals surface area contributed by atoms with Crippen LogP contribution in [-0.2, 0) is 9.53 Å². The highest BCUT2D eigenvalue weighted by Crippen LogP contribution is 2.44. The SMILES string of the molecule is CC(=O)OC1CCC(C(C)(C)C)CC1CC(C)(C)C. The van der Waals surface area contributed by atoms with Gasteiger partial charge in [0.1, 0.15) is 6.10 Å². The number of hydrogen-bond acceptors (Lipinski definition) is 2. The maximum absolute atomic E-state index is 11.3. The van der Waals surface area contributed by atoms with E-state index in [1.165, 1.54) is 19.8 Å². The van der Waals surface area contributed by atoms with Crippen molar-refractivity contribution in [3.63, 3.8) is 0 Å². The summed E-state index contributed by atoms with van der Waals surface area (Å²) in [4.78, 5) is 11.3. The minimum absolute atomic E-state index is 0.127. The fourth-order valence-corrected chi connectivity index (χ4v) is 3.39. The Morgan fingerprint density at radius 2 is 1.68 bits per heavy atom. The van der Waals surface area contributed by atoms with Crippen LogP contribution in [0.3, 0.4) is 0 Å². The van der Waals surface area contributed by atoms with Crippen LogP contribution in [-0.4, -0.2) is 12.1 Å². The predicted molar refractivity (Wildman–Crippen MR) is 79.9 cm³/mol. The van der Waals surface area contributed by atoms with E-state index in [4.69, 9.17) is 4.74 Å². The van der Waals surface area contributed by atoms with Gasteiger partial charge in [0.25, 0.3) is 0 Å². The third-order valence-electron chi connectivity index (χ3n) is 4.33. The topological polar surface area (TPSA) is 26.3 Å². The smallest absolute Gasteiger partial charge is 0.302 e. The van der Waals surface area contributed by atoms with Crippen molar-refractivity contribution in [1.82, 2.24) is 0 Å². The molecule has 0 N–H and O–H groups in total. The molecule has 0 amide bonds.